The fourth-order valence-electron chi connectivity index (χ4n) is 4.73. The molecule has 1 aliphatic rings. The van der Waals surface area contributed by atoms with E-state index in [-0.39, 0.29) is 23.8 Å². The minimum atomic E-state index is -0.336. The molecule has 0 saturated carbocycles. The van der Waals surface area contributed by atoms with Crippen LogP contribution in [-0.2, 0) is 20.1 Å². The SMILES string of the molecule is CCn1c(N2CCC[C@@H](N)C2)cc2c1c(=O)n(Cc1ccc3nccnc3c1)c(=O)n2C. The molecule has 1 saturated heterocycles. The Hall–Kier alpha value is -3.46. The molecular weight excluding hydrogens is 406 g/mol. The first-order chi connectivity index (χ1) is 15.5. The molecule has 0 bridgehead atoms. The van der Waals surface area contributed by atoms with Crippen LogP contribution in [0.15, 0.2) is 46.2 Å². The Morgan fingerprint density at radius 2 is 1.88 bits per heavy atom. The summed E-state index contributed by atoms with van der Waals surface area (Å²) in [6.07, 6.45) is 5.29. The van der Waals surface area contributed by atoms with E-state index in [2.05, 4.69) is 14.9 Å². The Morgan fingerprint density at radius 1 is 1.09 bits per heavy atom. The largest absolute Gasteiger partial charge is 0.356 e. The first kappa shape index (κ1) is 20.4. The molecule has 1 aromatic carbocycles. The molecule has 0 amide bonds. The van der Waals surface area contributed by atoms with Gasteiger partial charge in [-0.3, -0.25) is 23.9 Å². The van der Waals surface area contributed by atoms with Gasteiger partial charge in [0.15, 0.2) is 0 Å². The number of benzene rings is 1. The first-order valence-corrected chi connectivity index (χ1v) is 11.0. The summed E-state index contributed by atoms with van der Waals surface area (Å²) in [4.78, 5) is 37.6. The Bertz CT molecular complexity index is 1430. The van der Waals surface area contributed by atoms with Crippen LogP contribution < -0.4 is 21.9 Å². The molecule has 1 atom stereocenters. The number of aromatic nitrogens is 5. The summed E-state index contributed by atoms with van der Waals surface area (Å²) in [5.41, 5.74) is 9.11. The normalized spacial score (nSPS) is 16.8. The minimum absolute atomic E-state index is 0.114. The van der Waals surface area contributed by atoms with Gasteiger partial charge in [0.1, 0.15) is 11.3 Å². The molecule has 1 fully saturated rings. The van der Waals surface area contributed by atoms with Crippen molar-refractivity contribution in [2.24, 2.45) is 12.8 Å². The third-order valence-corrected chi connectivity index (χ3v) is 6.35. The van der Waals surface area contributed by atoms with Crippen LogP contribution in [0.5, 0.6) is 0 Å². The number of hydrogen-bond donors (Lipinski definition) is 1. The maximum absolute atomic E-state index is 13.6. The van der Waals surface area contributed by atoms with Crippen LogP contribution in [0, 0.1) is 0 Å². The van der Waals surface area contributed by atoms with Crippen molar-refractivity contribution in [1.29, 1.82) is 0 Å². The molecule has 166 valence electrons. The molecular formula is C23H27N7O2. The maximum atomic E-state index is 13.6. The summed E-state index contributed by atoms with van der Waals surface area (Å²) in [6.45, 7) is 4.46. The molecule has 5 rings (SSSR count). The molecule has 1 aliphatic heterocycles. The average molecular weight is 434 g/mol. The van der Waals surface area contributed by atoms with E-state index in [1.165, 1.54) is 4.57 Å². The summed E-state index contributed by atoms with van der Waals surface area (Å²) >= 11 is 0. The number of piperidine rings is 1. The van der Waals surface area contributed by atoms with Crippen molar-refractivity contribution in [3.63, 3.8) is 0 Å². The predicted octanol–water partition coefficient (Wildman–Crippen LogP) is 1.44. The highest BCUT2D eigenvalue weighted by Crippen LogP contribution is 2.26. The lowest BCUT2D eigenvalue weighted by Gasteiger charge is -2.33. The molecule has 9 heteroatoms. The standard InChI is InChI=1S/C23H27N7O2/c1-3-29-20(28-10-4-5-16(24)14-28)12-19-21(29)22(31)30(23(32)27(19)2)13-15-6-7-17-18(11-15)26-9-8-25-17/h6-9,11-12,16H,3-5,10,13-14,24H2,1-2H3/t16-/m1/s1. The predicted molar refractivity (Wildman–Crippen MR) is 125 cm³/mol. The van der Waals surface area contributed by atoms with Crippen LogP contribution in [0.1, 0.15) is 25.3 Å². The van der Waals surface area contributed by atoms with E-state index in [4.69, 9.17) is 5.73 Å². The molecule has 4 aromatic rings. The van der Waals surface area contributed by atoms with Gasteiger partial charge in [-0.1, -0.05) is 6.07 Å². The number of rotatable bonds is 4. The van der Waals surface area contributed by atoms with E-state index in [1.807, 2.05) is 35.8 Å². The van der Waals surface area contributed by atoms with Gasteiger partial charge in [0.05, 0.1) is 23.1 Å². The monoisotopic (exact) mass is 433 g/mol. The Balaban J connectivity index is 1.65. The Labute approximate surface area is 184 Å². The van der Waals surface area contributed by atoms with Crippen molar-refractivity contribution in [3.8, 4) is 0 Å². The second-order valence-corrected chi connectivity index (χ2v) is 8.44. The summed E-state index contributed by atoms with van der Waals surface area (Å²) in [5.74, 6) is 0.948. The van der Waals surface area contributed by atoms with E-state index in [9.17, 15) is 9.59 Å². The van der Waals surface area contributed by atoms with Gasteiger partial charge < -0.3 is 15.2 Å². The van der Waals surface area contributed by atoms with Crippen LogP contribution in [0.25, 0.3) is 22.1 Å². The highest BCUT2D eigenvalue weighted by molar-refractivity contribution is 5.81. The van der Waals surface area contributed by atoms with Gasteiger partial charge in [0, 0.05) is 51.2 Å². The second-order valence-electron chi connectivity index (χ2n) is 8.44. The number of fused-ring (bicyclic) bond motifs is 2. The number of aryl methyl sites for hydroxylation is 2. The van der Waals surface area contributed by atoms with E-state index < -0.39 is 0 Å². The molecule has 3 aromatic heterocycles. The third kappa shape index (κ3) is 3.29. The quantitative estimate of drug-likeness (QED) is 0.522. The maximum Gasteiger partial charge on any atom is 0.331 e. The highest BCUT2D eigenvalue weighted by Gasteiger charge is 2.24. The number of nitrogens with two attached hydrogens (primary N) is 1. The van der Waals surface area contributed by atoms with Crippen LogP contribution in [-0.4, -0.2) is 42.8 Å². The van der Waals surface area contributed by atoms with E-state index in [0.717, 1.165) is 48.3 Å². The summed E-state index contributed by atoms with van der Waals surface area (Å²) in [6, 6.07) is 7.68. The molecule has 0 radical (unpaired) electrons. The fourth-order valence-corrected chi connectivity index (χ4v) is 4.73. The number of nitrogens with zero attached hydrogens (tertiary/aromatic N) is 6. The highest BCUT2D eigenvalue weighted by atomic mass is 16.2. The molecule has 32 heavy (non-hydrogen) atoms. The van der Waals surface area contributed by atoms with Gasteiger partial charge in [0.25, 0.3) is 5.56 Å². The van der Waals surface area contributed by atoms with Crippen LogP contribution >= 0.6 is 0 Å². The van der Waals surface area contributed by atoms with Crippen molar-refractivity contribution < 1.29 is 0 Å². The topological polar surface area (TPSA) is 104 Å². The molecule has 4 heterocycles. The second kappa shape index (κ2) is 7.90. The summed E-state index contributed by atoms with van der Waals surface area (Å²) in [7, 11) is 1.72. The summed E-state index contributed by atoms with van der Waals surface area (Å²) in [5, 5.41) is 0. The van der Waals surface area contributed by atoms with Gasteiger partial charge in [-0.2, -0.15) is 0 Å². The number of hydrogen-bond acceptors (Lipinski definition) is 6. The van der Waals surface area contributed by atoms with Crippen molar-refractivity contribution in [1.82, 2.24) is 23.7 Å². The van der Waals surface area contributed by atoms with Crippen molar-refractivity contribution in [3.05, 3.63) is 63.1 Å². The molecule has 0 unspecified atom stereocenters. The van der Waals surface area contributed by atoms with E-state index >= 15 is 0 Å². The van der Waals surface area contributed by atoms with Crippen LogP contribution in [0.3, 0.4) is 0 Å². The fraction of sp³-hybridized carbons (Fsp3) is 0.391. The van der Waals surface area contributed by atoms with Gasteiger partial charge in [-0.25, -0.2) is 4.79 Å². The first-order valence-electron chi connectivity index (χ1n) is 11.0. The molecule has 0 spiro atoms. The third-order valence-electron chi connectivity index (χ3n) is 6.35. The van der Waals surface area contributed by atoms with Gasteiger partial charge >= 0.3 is 5.69 Å². The van der Waals surface area contributed by atoms with E-state index in [1.54, 1.807) is 24.0 Å². The van der Waals surface area contributed by atoms with Gasteiger partial charge in [-0.05, 0) is 37.5 Å². The molecule has 0 aliphatic carbocycles. The van der Waals surface area contributed by atoms with Crippen molar-refractivity contribution in [2.75, 3.05) is 18.0 Å². The Kier molecular flexibility index (Phi) is 5.05. The molecule has 2 N–H and O–H groups in total. The zero-order valence-electron chi connectivity index (χ0n) is 18.4. The van der Waals surface area contributed by atoms with E-state index in [0.29, 0.717) is 17.6 Å². The zero-order valence-corrected chi connectivity index (χ0v) is 18.4. The average Bonchev–Trinajstić information content (AvgIpc) is 3.20. The zero-order chi connectivity index (χ0) is 22.4. The minimum Gasteiger partial charge on any atom is -0.356 e. The smallest absolute Gasteiger partial charge is 0.331 e. The molecule has 9 nitrogen and oxygen atoms in total. The lowest BCUT2D eigenvalue weighted by atomic mass is 10.1. The lowest BCUT2D eigenvalue weighted by molar-refractivity contribution is 0.498. The lowest BCUT2D eigenvalue weighted by Crippen LogP contribution is -2.43. The van der Waals surface area contributed by atoms with Crippen LogP contribution in [0.4, 0.5) is 5.82 Å². The van der Waals surface area contributed by atoms with Crippen molar-refractivity contribution >= 4 is 27.9 Å². The summed E-state index contributed by atoms with van der Waals surface area (Å²) < 4.78 is 4.88. The van der Waals surface area contributed by atoms with Gasteiger partial charge in [0.2, 0.25) is 0 Å². The Morgan fingerprint density at radius 3 is 2.62 bits per heavy atom. The van der Waals surface area contributed by atoms with Gasteiger partial charge in [-0.15, -0.1) is 0 Å². The van der Waals surface area contributed by atoms with Crippen molar-refractivity contribution in [2.45, 2.75) is 38.9 Å². The van der Waals surface area contributed by atoms with Crippen LogP contribution in [0.2, 0.25) is 0 Å². The number of anilines is 1.